The van der Waals surface area contributed by atoms with Crippen molar-refractivity contribution < 1.29 is 4.79 Å². The van der Waals surface area contributed by atoms with Crippen LogP contribution in [0.3, 0.4) is 0 Å². The maximum absolute atomic E-state index is 11.5. The lowest BCUT2D eigenvalue weighted by Gasteiger charge is -2.09. The summed E-state index contributed by atoms with van der Waals surface area (Å²) >= 11 is 1.27. The summed E-state index contributed by atoms with van der Waals surface area (Å²) in [5, 5.41) is 7.82. The first kappa shape index (κ1) is 22.1. The monoisotopic (exact) mass is 383 g/mol. The number of aryl methyl sites for hydroxylation is 2. The molecule has 4 N–H and O–H groups in total. The SMILES string of the molecule is C=C(C)N=C(c1cccc(C)n1)c1c(C)sc(C(N)=O)c1N.CCCC#N. The van der Waals surface area contributed by atoms with Gasteiger partial charge in [-0.1, -0.05) is 19.6 Å². The molecular formula is C20H25N5OS. The highest BCUT2D eigenvalue weighted by Crippen LogP contribution is 2.32. The van der Waals surface area contributed by atoms with Gasteiger partial charge in [0.15, 0.2) is 0 Å². The number of nitrogen functional groups attached to an aromatic ring is 1. The molecule has 0 aliphatic carbocycles. The van der Waals surface area contributed by atoms with Gasteiger partial charge in [-0.3, -0.25) is 14.8 Å². The van der Waals surface area contributed by atoms with Crippen molar-refractivity contribution >= 4 is 28.6 Å². The summed E-state index contributed by atoms with van der Waals surface area (Å²) < 4.78 is 0. The van der Waals surface area contributed by atoms with Gasteiger partial charge in [0.05, 0.1) is 23.2 Å². The normalized spacial score (nSPS) is 10.6. The van der Waals surface area contributed by atoms with Crippen LogP contribution in [0.5, 0.6) is 0 Å². The first-order valence-corrected chi connectivity index (χ1v) is 9.28. The van der Waals surface area contributed by atoms with Crippen LogP contribution in [0.2, 0.25) is 0 Å². The number of nitriles is 1. The Hall–Kier alpha value is -2.98. The average molecular weight is 384 g/mol. The predicted octanol–water partition coefficient (Wildman–Crippen LogP) is 4.12. The molecule has 2 aromatic rings. The second-order valence-corrected chi connectivity index (χ2v) is 7.13. The van der Waals surface area contributed by atoms with E-state index in [0.29, 0.717) is 39.7 Å². The molecule has 2 rings (SSSR count). The van der Waals surface area contributed by atoms with Gasteiger partial charge < -0.3 is 11.5 Å². The highest BCUT2D eigenvalue weighted by atomic mass is 32.1. The Kier molecular flexibility index (Phi) is 8.36. The Balaban J connectivity index is 0.000000646. The molecule has 0 saturated carbocycles. The molecule has 0 atom stereocenters. The number of unbranched alkanes of at least 4 members (excludes halogenated alkanes) is 1. The molecule has 0 fully saturated rings. The Morgan fingerprint density at radius 2 is 2.07 bits per heavy atom. The van der Waals surface area contributed by atoms with Crippen LogP contribution >= 0.6 is 11.3 Å². The van der Waals surface area contributed by atoms with Crippen molar-refractivity contribution in [2.24, 2.45) is 10.7 Å². The third-order valence-electron chi connectivity index (χ3n) is 3.38. The molecule has 0 unspecified atom stereocenters. The quantitative estimate of drug-likeness (QED) is 0.755. The van der Waals surface area contributed by atoms with E-state index in [1.54, 1.807) is 6.92 Å². The Bertz CT molecular complexity index is 906. The van der Waals surface area contributed by atoms with E-state index in [0.717, 1.165) is 17.0 Å². The van der Waals surface area contributed by atoms with Crippen LogP contribution in [-0.2, 0) is 0 Å². The summed E-state index contributed by atoms with van der Waals surface area (Å²) in [7, 11) is 0. The van der Waals surface area contributed by atoms with Gasteiger partial charge >= 0.3 is 0 Å². The van der Waals surface area contributed by atoms with Crippen molar-refractivity contribution in [1.82, 2.24) is 4.98 Å². The topological polar surface area (TPSA) is 118 Å². The lowest BCUT2D eigenvalue weighted by Crippen LogP contribution is -2.13. The lowest BCUT2D eigenvalue weighted by molar-refractivity contribution is 0.100. The molecule has 1 amide bonds. The molecule has 7 heteroatoms. The first-order chi connectivity index (χ1) is 12.7. The van der Waals surface area contributed by atoms with Crippen LogP contribution < -0.4 is 11.5 Å². The van der Waals surface area contributed by atoms with E-state index in [1.165, 1.54) is 11.3 Å². The number of nitrogens with two attached hydrogens (primary N) is 2. The van der Waals surface area contributed by atoms with Gasteiger partial charge in [0.25, 0.3) is 5.91 Å². The number of allylic oxidation sites excluding steroid dienone is 1. The summed E-state index contributed by atoms with van der Waals surface area (Å²) in [5.74, 6) is -0.538. The molecule has 142 valence electrons. The highest BCUT2D eigenvalue weighted by Gasteiger charge is 2.22. The standard InChI is InChI=1S/C16H18N4OS.C4H7N/c1-8(2)19-14(11-7-5-6-9(3)20-11)12-10(4)22-15(13(12)17)16(18)21;1-2-3-4-5/h5-7H,1,17H2,2-4H3,(H2,18,21);2-3H2,1H3. The first-order valence-electron chi connectivity index (χ1n) is 8.47. The molecule has 2 aromatic heterocycles. The van der Waals surface area contributed by atoms with Crippen LogP contribution in [0.1, 0.15) is 58.2 Å². The number of carbonyl (C=O) groups excluding carboxylic acids is 1. The molecule has 0 aromatic carbocycles. The van der Waals surface area contributed by atoms with E-state index in [4.69, 9.17) is 16.7 Å². The van der Waals surface area contributed by atoms with Crippen LogP contribution in [-0.4, -0.2) is 16.6 Å². The molecule has 0 aliphatic heterocycles. The number of nitrogens with zero attached hydrogens (tertiary/aromatic N) is 3. The number of anilines is 1. The second kappa shape index (κ2) is 10.2. The number of pyridine rings is 1. The summed E-state index contributed by atoms with van der Waals surface area (Å²) in [6.45, 7) is 11.4. The zero-order valence-electron chi connectivity index (χ0n) is 16.2. The molecule has 0 saturated heterocycles. The van der Waals surface area contributed by atoms with Crippen LogP contribution in [0.15, 0.2) is 35.5 Å². The number of carbonyl (C=O) groups is 1. The minimum Gasteiger partial charge on any atom is -0.397 e. The zero-order chi connectivity index (χ0) is 20.6. The van der Waals surface area contributed by atoms with Gasteiger partial charge in [0, 0.05) is 28.3 Å². The third kappa shape index (κ3) is 6.04. The summed E-state index contributed by atoms with van der Waals surface area (Å²) in [4.78, 5) is 21.7. The Labute approximate surface area is 164 Å². The van der Waals surface area contributed by atoms with Crippen molar-refractivity contribution in [3.63, 3.8) is 0 Å². The van der Waals surface area contributed by atoms with Gasteiger partial charge in [-0.05, 0) is 39.3 Å². The van der Waals surface area contributed by atoms with E-state index < -0.39 is 5.91 Å². The fourth-order valence-electron chi connectivity index (χ4n) is 2.26. The van der Waals surface area contributed by atoms with Gasteiger partial charge in [-0.15, -0.1) is 11.3 Å². The Morgan fingerprint density at radius 1 is 1.41 bits per heavy atom. The molecule has 0 aliphatic rings. The molecule has 2 heterocycles. The fourth-order valence-corrected chi connectivity index (χ4v) is 3.19. The number of hydrogen-bond donors (Lipinski definition) is 2. The van der Waals surface area contributed by atoms with Crippen LogP contribution in [0, 0.1) is 25.2 Å². The Morgan fingerprint density at radius 3 is 2.48 bits per heavy atom. The molecular weight excluding hydrogens is 358 g/mol. The van der Waals surface area contributed by atoms with Crippen molar-refractivity contribution in [2.75, 3.05) is 5.73 Å². The van der Waals surface area contributed by atoms with Crippen molar-refractivity contribution in [1.29, 1.82) is 5.26 Å². The molecule has 0 radical (unpaired) electrons. The number of rotatable bonds is 5. The van der Waals surface area contributed by atoms with E-state index in [1.807, 2.05) is 45.0 Å². The largest absolute Gasteiger partial charge is 0.397 e. The number of primary amides is 1. The van der Waals surface area contributed by atoms with E-state index in [2.05, 4.69) is 16.6 Å². The summed E-state index contributed by atoms with van der Waals surface area (Å²) in [6.07, 6.45) is 1.68. The smallest absolute Gasteiger partial charge is 0.260 e. The number of aliphatic imine (C=N–C) groups is 1. The maximum atomic E-state index is 11.5. The predicted molar refractivity (Wildman–Crippen MR) is 112 cm³/mol. The molecule has 27 heavy (non-hydrogen) atoms. The van der Waals surface area contributed by atoms with Gasteiger partial charge in [0.2, 0.25) is 0 Å². The maximum Gasteiger partial charge on any atom is 0.260 e. The second-order valence-electron chi connectivity index (χ2n) is 5.91. The minimum absolute atomic E-state index is 0.342. The van der Waals surface area contributed by atoms with Gasteiger partial charge in [-0.25, -0.2) is 0 Å². The van der Waals surface area contributed by atoms with E-state index in [-0.39, 0.29) is 0 Å². The summed E-state index contributed by atoms with van der Waals surface area (Å²) in [5.41, 5.74) is 15.3. The molecule has 0 spiro atoms. The van der Waals surface area contributed by atoms with E-state index in [9.17, 15) is 4.79 Å². The number of hydrogen-bond acceptors (Lipinski definition) is 6. The van der Waals surface area contributed by atoms with Crippen molar-refractivity contribution in [3.05, 3.63) is 57.2 Å². The summed E-state index contributed by atoms with van der Waals surface area (Å²) in [6, 6.07) is 7.68. The van der Waals surface area contributed by atoms with Crippen molar-refractivity contribution in [2.45, 2.75) is 40.5 Å². The number of amides is 1. The highest BCUT2D eigenvalue weighted by molar-refractivity contribution is 7.15. The van der Waals surface area contributed by atoms with E-state index >= 15 is 0 Å². The fraction of sp³-hybridized carbons (Fsp3) is 0.300. The number of aromatic nitrogens is 1. The third-order valence-corrected chi connectivity index (χ3v) is 4.51. The van der Waals surface area contributed by atoms with Gasteiger partial charge in [-0.2, -0.15) is 5.26 Å². The zero-order valence-corrected chi connectivity index (χ0v) is 17.0. The molecule has 6 nitrogen and oxygen atoms in total. The minimum atomic E-state index is -0.538. The average Bonchev–Trinajstić information content (AvgIpc) is 2.89. The lowest BCUT2D eigenvalue weighted by atomic mass is 10.0. The van der Waals surface area contributed by atoms with Crippen molar-refractivity contribution in [3.8, 4) is 6.07 Å². The van der Waals surface area contributed by atoms with Crippen LogP contribution in [0.25, 0.3) is 0 Å². The van der Waals surface area contributed by atoms with Gasteiger partial charge in [0.1, 0.15) is 4.88 Å². The molecule has 0 bridgehead atoms. The van der Waals surface area contributed by atoms with Crippen LogP contribution in [0.4, 0.5) is 5.69 Å². The number of thiophene rings is 1.